The molecular weight excluding hydrogens is 294 g/mol. The van der Waals surface area contributed by atoms with E-state index in [2.05, 4.69) is 10.3 Å². The number of sulfonamides is 1. The van der Waals surface area contributed by atoms with E-state index in [9.17, 15) is 8.42 Å². The SMILES string of the molecule is CCNCc1cc(S(=O)(=O)N(C)Cc2cccs2)c[nH]1. The molecule has 0 unspecified atom stereocenters. The lowest BCUT2D eigenvalue weighted by atomic mass is 10.4. The molecule has 20 heavy (non-hydrogen) atoms. The Bertz CT molecular complexity index is 632. The topological polar surface area (TPSA) is 65.2 Å². The highest BCUT2D eigenvalue weighted by Crippen LogP contribution is 2.19. The van der Waals surface area contributed by atoms with Crippen LogP contribution in [0.2, 0.25) is 0 Å². The van der Waals surface area contributed by atoms with Crippen LogP contribution in [0, 0.1) is 0 Å². The van der Waals surface area contributed by atoms with Gasteiger partial charge in [-0.2, -0.15) is 4.31 Å². The molecular formula is C13H19N3O2S2. The van der Waals surface area contributed by atoms with Crippen LogP contribution in [0.1, 0.15) is 17.5 Å². The molecule has 0 bridgehead atoms. The average molecular weight is 313 g/mol. The van der Waals surface area contributed by atoms with Crippen molar-refractivity contribution in [3.63, 3.8) is 0 Å². The lowest BCUT2D eigenvalue weighted by Crippen LogP contribution is -2.25. The van der Waals surface area contributed by atoms with E-state index in [0.29, 0.717) is 18.0 Å². The summed E-state index contributed by atoms with van der Waals surface area (Å²) < 4.78 is 26.2. The van der Waals surface area contributed by atoms with Crippen LogP contribution >= 0.6 is 11.3 Å². The summed E-state index contributed by atoms with van der Waals surface area (Å²) in [4.78, 5) is 4.33. The van der Waals surface area contributed by atoms with Crippen molar-refractivity contribution in [3.8, 4) is 0 Å². The molecule has 0 saturated carbocycles. The molecule has 2 N–H and O–H groups in total. The quantitative estimate of drug-likeness (QED) is 0.822. The summed E-state index contributed by atoms with van der Waals surface area (Å²) in [5, 5.41) is 5.10. The number of H-pyrrole nitrogens is 1. The molecule has 0 aliphatic heterocycles. The van der Waals surface area contributed by atoms with Crippen molar-refractivity contribution >= 4 is 21.4 Å². The first-order valence-corrected chi connectivity index (χ1v) is 8.72. The smallest absolute Gasteiger partial charge is 0.244 e. The minimum Gasteiger partial charge on any atom is -0.363 e. The lowest BCUT2D eigenvalue weighted by molar-refractivity contribution is 0.470. The van der Waals surface area contributed by atoms with Gasteiger partial charge in [-0.3, -0.25) is 0 Å². The van der Waals surface area contributed by atoms with Crippen LogP contribution in [0.3, 0.4) is 0 Å². The molecule has 0 fully saturated rings. The summed E-state index contributed by atoms with van der Waals surface area (Å²) in [6, 6.07) is 5.54. The molecule has 2 aromatic rings. The van der Waals surface area contributed by atoms with Gasteiger partial charge in [0.2, 0.25) is 10.0 Å². The molecule has 0 aromatic carbocycles. The molecule has 0 aliphatic carbocycles. The Labute approximate surface area is 123 Å². The van der Waals surface area contributed by atoms with Gasteiger partial charge in [-0.1, -0.05) is 13.0 Å². The molecule has 0 aliphatic rings. The Balaban J connectivity index is 2.10. The maximum Gasteiger partial charge on any atom is 0.244 e. The van der Waals surface area contributed by atoms with E-state index in [1.54, 1.807) is 30.6 Å². The van der Waals surface area contributed by atoms with Crippen LogP contribution in [-0.4, -0.2) is 31.3 Å². The monoisotopic (exact) mass is 313 g/mol. The highest BCUT2D eigenvalue weighted by atomic mass is 32.2. The van der Waals surface area contributed by atoms with E-state index in [4.69, 9.17) is 0 Å². The van der Waals surface area contributed by atoms with Gasteiger partial charge in [0.05, 0.1) is 4.90 Å². The second kappa shape index (κ2) is 6.53. The Kier molecular flexibility index (Phi) is 4.98. The predicted molar refractivity (Wildman–Crippen MR) is 81.1 cm³/mol. The molecule has 2 aromatic heterocycles. The number of rotatable bonds is 7. The normalized spacial score (nSPS) is 12.2. The van der Waals surface area contributed by atoms with E-state index in [0.717, 1.165) is 17.1 Å². The first kappa shape index (κ1) is 15.2. The summed E-state index contributed by atoms with van der Waals surface area (Å²) in [6.45, 7) is 3.89. The molecule has 0 spiro atoms. The van der Waals surface area contributed by atoms with Gasteiger partial charge in [0, 0.05) is 36.9 Å². The second-order valence-corrected chi connectivity index (χ2v) is 7.56. The van der Waals surface area contributed by atoms with Crippen LogP contribution in [0.4, 0.5) is 0 Å². The molecule has 110 valence electrons. The van der Waals surface area contributed by atoms with Gasteiger partial charge in [-0.25, -0.2) is 8.42 Å². The van der Waals surface area contributed by atoms with Gasteiger partial charge < -0.3 is 10.3 Å². The van der Waals surface area contributed by atoms with Crippen molar-refractivity contribution in [2.24, 2.45) is 0 Å². The van der Waals surface area contributed by atoms with E-state index in [-0.39, 0.29) is 0 Å². The van der Waals surface area contributed by atoms with Crippen molar-refractivity contribution in [2.75, 3.05) is 13.6 Å². The van der Waals surface area contributed by atoms with E-state index < -0.39 is 10.0 Å². The standard InChI is InChI=1S/C13H19N3O2S2/c1-3-14-8-11-7-13(9-15-11)20(17,18)16(2)10-12-5-4-6-19-12/h4-7,9,14-15H,3,8,10H2,1-2H3. The largest absolute Gasteiger partial charge is 0.363 e. The Morgan fingerprint density at radius 3 is 2.90 bits per heavy atom. The molecule has 2 rings (SSSR count). The fourth-order valence-corrected chi connectivity index (χ4v) is 3.82. The molecule has 0 amide bonds. The zero-order valence-electron chi connectivity index (χ0n) is 11.6. The molecule has 0 saturated heterocycles. The fourth-order valence-electron chi connectivity index (χ4n) is 1.82. The average Bonchev–Trinajstić information content (AvgIpc) is 3.07. The van der Waals surface area contributed by atoms with Crippen molar-refractivity contribution < 1.29 is 8.42 Å². The van der Waals surface area contributed by atoms with Gasteiger partial charge in [0.15, 0.2) is 0 Å². The van der Waals surface area contributed by atoms with Crippen LogP contribution in [0.15, 0.2) is 34.7 Å². The van der Waals surface area contributed by atoms with Crippen LogP contribution in [0.25, 0.3) is 0 Å². The van der Waals surface area contributed by atoms with Crippen molar-refractivity contribution in [1.82, 2.24) is 14.6 Å². The zero-order chi connectivity index (χ0) is 14.6. The molecule has 5 nitrogen and oxygen atoms in total. The number of aromatic amines is 1. The summed E-state index contributed by atoms with van der Waals surface area (Å²) in [5.41, 5.74) is 0.870. The number of nitrogens with zero attached hydrogens (tertiary/aromatic N) is 1. The fraction of sp³-hybridized carbons (Fsp3) is 0.385. The maximum absolute atomic E-state index is 12.4. The summed E-state index contributed by atoms with van der Waals surface area (Å²) in [6.07, 6.45) is 1.55. The summed E-state index contributed by atoms with van der Waals surface area (Å²) in [5.74, 6) is 0. The van der Waals surface area contributed by atoms with Gasteiger partial charge >= 0.3 is 0 Å². The third-order valence-corrected chi connectivity index (χ3v) is 5.59. The third kappa shape index (κ3) is 3.49. The van der Waals surface area contributed by atoms with Crippen LogP contribution in [-0.2, 0) is 23.1 Å². The first-order chi connectivity index (χ1) is 9.54. The molecule has 7 heteroatoms. The maximum atomic E-state index is 12.4. The van der Waals surface area contributed by atoms with Gasteiger partial charge in [-0.15, -0.1) is 11.3 Å². The molecule has 0 radical (unpaired) electrons. The van der Waals surface area contributed by atoms with Gasteiger partial charge in [0.1, 0.15) is 0 Å². The second-order valence-electron chi connectivity index (χ2n) is 4.48. The number of aromatic nitrogens is 1. The van der Waals surface area contributed by atoms with Crippen molar-refractivity contribution in [2.45, 2.75) is 24.9 Å². The van der Waals surface area contributed by atoms with Crippen molar-refractivity contribution in [1.29, 1.82) is 0 Å². The predicted octanol–water partition coefficient (Wildman–Crippen LogP) is 2.01. The van der Waals surface area contributed by atoms with E-state index in [1.807, 2.05) is 24.4 Å². The number of nitrogens with one attached hydrogen (secondary N) is 2. The Morgan fingerprint density at radius 1 is 1.45 bits per heavy atom. The first-order valence-electron chi connectivity index (χ1n) is 6.40. The van der Waals surface area contributed by atoms with Crippen LogP contribution < -0.4 is 5.32 Å². The van der Waals surface area contributed by atoms with Gasteiger partial charge in [0.25, 0.3) is 0 Å². The third-order valence-electron chi connectivity index (χ3n) is 2.95. The Hall–Kier alpha value is -1.15. The minimum absolute atomic E-state index is 0.310. The number of thiophene rings is 1. The minimum atomic E-state index is -3.44. The Morgan fingerprint density at radius 2 is 2.25 bits per heavy atom. The van der Waals surface area contributed by atoms with Gasteiger partial charge in [-0.05, 0) is 24.1 Å². The molecule has 2 heterocycles. The van der Waals surface area contributed by atoms with E-state index in [1.165, 1.54) is 4.31 Å². The zero-order valence-corrected chi connectivity index (χ0v) is 13.2. The number of hydrogen-bond donors (Lipinski definition) is 2. The lowest BCUT2D eigenvalue weighted by Gasteiger charge is -2.15. The molecule has 0 atom stereocenters. The summed E-state index contributed by atoms with van der Waals surface area (Å²) >= 11 is 1.55. The van der Waals surface area contributed by atoms with E-state index >= 15 is 0 Å². The van der Waals surface area contributed by atoms with Crippen molar-refractivity contribution in [3.05, 3.63) is 40.3 Å². The summed E-state index contributed by atoms with van der Waals surface area (Å²) in [7, 11) is -1.84. The highest BCUT2D eigenvalue weighted by Gasteiger charge is 2.22. The highest BCUT2D eigenvalue weighted by molar-refractivity contribution is 7.89. The van der Waals surface area contributed by atoms with Crippen LogP contribution in [0.5, 0.6) is 0 Å². The number of hydrogen-bond acceptors (Lipinski definition) is 4.